The summed E-state index contributed by atoms with van der Waals surface area (Å²) in [5.74, 6) is 0.852. The van der Waals surface area contributed by atoms with Crippen LogP contribution in [-0.4, -0.2) is 29.8 Å². The molecule has 1 aliphatic rings. The number of rotatable bonds is 5. The van der Waals surface area contributed by atoms with E-state index in [1.54, 1.807) is 6.20 Å². The number of anilines is 2. The molecule has 0 amide bonds. The van der Waals surface area contributed by atoms with Crippen LogP contribution < -0.4 is 10.2 Å². The molecule has 5 nitrogen and oxygen atoms in total. The first kappa shape index (κ1) is 18.2. The average molecular weight is 372 g/mol. The van der Waals surface area contributed by atoms with Crippen LogP contribution in [0.4, 0.5) is 11.6 Å². The number of carbonyl (C=O) groups excluding carboxylic acids is 1. The molecule has 142 valence electrons. The molecule has 2 aromatic carbocycles. The third kappa shape index (κ3) is 3.88. The second-order valence-electron chi connectivity index (χ2n) is 7.41. The number of nitrogens with one attached hydrogen (secondary N) is 1. The molecular formula is C23H24N4O. The lowest BCUT2D eigenvalue weighted by Crippen LogP contribution is -2.21. The highest BCUT2D eigenvalue weighted by Crippen LogP contribution is 2.32. The van der Waals surface area contributed by atoms with Crippen LogP contribution in [0.2, 0.25) is 0 Å². The number of hydrogen-bond donors (Lipinski definition) is 1. The molecule has 0 saturated carbocycles. The molecular weight excluding hydrogens is 348 g/mol. The molecule has 0 unspecified atom stereocenters. The monoisotopic (exact) mass is 372 g/mol. The first-order valence-corrected chi connectivity index (χ1v) is 9.54. The van der Waals surface area contributed by atoms with Gasteiger partial charge in [-0.15, -0.1) is 0 Å². The second-order valence-corrected chi connectivity index (χ2v) is 7.41. The first-order chi connectivity index (χ1) is 13.6. The molecule has 0 fully saturated rings. The van der Waals surface area contributed by atoms with E-state index in [1.165, 1.54) is 11.1 Å². The topological polar surface area (TPSA) is 58.1 Å². The lowest BCUT2D eigenvalue weighted by molar-refractivity contribution is 0.0962. The van der Waals surface area contributed by atoms with Crippen LogP contribution in [-0.2, 0) is 13.0 Å². The van der Waals surface area contributed by atoms with E-state index < -0.39 is 0 Å². The zero-order valence-corrected chi connectivity index (χ0v) is 16.2. The highest BCUT2D eigenvalue weighted by Gasteiger charge is 2.28. The van der Waals surface area contributed by atoms with E-state index in [4.69, 9.17) is 0 Å². The number of benzene rings is 2. The van der Waals surface area contributed by atoms with Gasteiger partial charge in [0.15, 0.2) is 5.78 Å². The Bertz CT molecular complexity index is 968. The van der Waals surface area contributed by atoms with Gasteiger partial charge in [-0.3, -0.25) is 4.79 Å². The molecule has 0 bridgehead atoms. The van der Waals surface area contributed by atoms with Crippen molar-refractivity contribution in [2.24, 2.45) is 0 Å². The van der Waals surface area contributed by atoms with Crippen molar-refractivity contribution in [3.63, 3.8) is 0 Å². The van der Waals surface area contributed by atoms with Crippen molar-refractivity contribution in [1.82, 2.24) is 9.97 Å². The minimum Gasteiger partial charge on any atom is -0.378 e. The lowest BCUT2D eigenvalue weighted by atomic mass is 9.82. The van der Waals surface area contributed by atoms with Crippen LogP contribution in [0.5, 0.6) is 0 Å². The number of carbonyl (C=O) groups is 1. The minimum atomic E-state index is 0.123. The van der Waals surface area contributed by atoms with E-state index in [0.29, 0.717) is 24.5 Å². The fourth-order valence-electron chi connectivity index (χ4n) is 3.59. The molecule has 28 heavy (non-hydrogen) atoms. The third-order valence-electron chi connectivity index (χ3n) is 5.21. The van der Waals surface area contributed by atoms with Crippen LogP contribution >= 0.6 is 0 Å². The van der Waals surface area contributed by atoms with E-state index in [1.807, 2.05) is 32.3 Å². The summed E-state index contributed by atoms with van der Waals surface area (Å²) < 4.78 is 0. The van der Waals surface area contributed by atoms with Gasteiger partial charge in [-0.05, 0) is 35.6 Å². The molecule has 3 aromatic rings. The Hall–Kier alpha value is -3.21. The van der Waals surface area contributed by atoms with Gasteiger partial charge in [0.2, 0.25) is 5.95 Å². The Kier molecular flexibility index (Phi) is 5.06. The molecule has 1 aliphatic carbocycles. The van der Waals surface area contributed by atoms with Gasteiger partial charge in [-0.2, -0.15) is 0 Å². The summed E-state index contributed by atoms with van der Waals surface area (Å²) in [4.78, 5) is 23.7. The number of fused-ring (bicyclic) bond motifs is 1. The SMILES string of the molecule is CN(C)c1ccc([C@@H]2CC(=O)c3cnc(NCc4ccccc4)nc3C2)cc1. The molecule has 1 aromatic heterocycles. The van der Waals surface area contributed by atoms with E-state index >= 15 is 0 Å². The predicted octanol–water partition coefficient (Wildman–Crippen LogP) is 4.07. The van der Waals surface area contributed by atoms with Crippen molar-refractivity contribution in [3.8, 4) is 0 Å². The Labute approximate surface area is 165 Å². The van der Waals surface area contributed by atoms with Crippen molar-refractivity contribution >= 4 is 17.4 Å². The number of ketones is 1. The van der Waals surface area contributed by atoms with Gasteiger partial charge in [-0.1, -0.05) is 42.5 Å². The van der Waals surface area contributed by atoms with Gasteiger partial charge in [-0.25, -0.2) is 9.97 Å². The van der Waals surface area contributed by atoms with Crippen LogP contribution in [0.1, 0.15) is 39.5 Å². The molecule has 0 radical (unpaired) electrons. The molecule has 1 atom stereocenters. The summed E-state index contributed by atoms with van der Waals surface area (Å²) in [6.07, 6.45) is 2.93. The summed E-state index contributed by atoms with van der Waals surface area (Å²) in [6, 6.07) is 18.6. The predicted molar refractivity (Wildman–Crippen MR) is 112 cm³/mol. The summed E-state index contributed by atoms with van der Waals surface area (Å²) >= 11 is 0. The van der Waals surface area contributed by atoms with Crippen LogP contribution in [0, 0.1) is 0 Å². The van der Waals surface area contributed by atoms with E-state index in [0.717, 1.165) is 17.8 Å². The number of Topliss-reactive ketones (excluding diaryl/α,β-unsaturated/α-hetero) is 1. The molecule has 0 aliphatic heterocycles. The maximum atomic E-state index is 12.6. The highest BCUT2D eigenvalue weighted by atomic mass is 16.1. The fraction of sp³-hybridized carbons (Fsp3) is 0.261. The van der Waals surface area contributed by atoms with Crippen molar-refractivity contribution in [3.05, 3.63) is 83.2 Å². The van der Waals surface area contributed by atoms with Gasteiger partial charge >= 0.3 is 0 Å². The zero-order chi connectivity index (χ0) is 19.5. The summed E-state index contributed by atoms with van der Waals surface area (Å²) in [6.45, 7) is 0.656. The van der Waals surface area contributed by atoms with Gasteiger partial charge in [0.1, 0.15) is 0 Å². The maximum absolute atomic E-state index is 12.6. The van der Waals surface area contributed by atoms with Gasteiger partial charge in [0.25, 0.3) is 0 Å². The lowest BCUT2D eigenvalue weighted by Gasteiger charge is -2.24. The molecule has 4 rings (SSSR count). The van der Waals surface area contributed by atoms with Crippen molar-refractivity contribution < 1.29 is 4.79 Å². The quantitative estimate of drug-likeness (QED) is 0.732. The first-order valence-electron chi connectivity index (χ1n) is 9.54. The largest absolute Gasteiger partial charge is 0.378 e. The van der Waals surface area contributed by atoms with Crippen molar-refractivity contribution in [1.29, 1.82) is 0 Å². The second kappa shape index (κ2) is 7.80. The molecule has 0 spiro atoms. The molecule has 5 heteroatoms. The molecule has 1 N–H and O–H groups in total. The van der Waals surface area contributed by atoms with Crippen molar-refractivity contribution in [2.45, 2.75) is 25.3 Å². The van der Waals surface area contributed by atoms with Gasteiger partial charge < -0.3 is 10.2 Å². The van der Waals surface area contributed by atoms with E-state index in [-0.39, 0.29) is 11.7 Å². The Morgan fingerprint density at radius 3 is 2.50 bits per heavy atom. The van der Waals surface area contributed by atoms with Gasteiger partial charge in [0.05, 0.1) is 11.3 Å². The number of hydrogen-bond acceptors (Lipinski definition) is 5. The van der Waals surface area contributed by atoms with Crippen LogP contribution in [0.15, 0.2) is 60.8 Å². The smallest absolute Gasteiger partial charge is 0.223 e. The Morgan fingerprint density at radius 1 is 1.04 bits per heavy atom. The number of aromatic nitrogens is 2. The third-order valence-corrected chi connectivity index (χ3v) is 5.21. The van der Waals surface area contributed by atoms with Crippen LogP contribution in [0.25, 0.3) is 0 Å². The summed E-state index contributed by atoms with van der Waals surface area (Å²) in [5.41, 5.74) is 5.00. The van der Waals surface area contributed by atoms with Crippen molar-refractivity contribution in [2.75, 3.05) is 24.3 Å². The summed E-state index contributed by atoms with van der Waals surface area (Å²) in [7, 11) is 4.05. The number of nitrogens with zero attached hydrogens (tertiary/aromatic N) is 3. The summed E-state index contributed by atoms with van der Waals surface area (Å²) in [5, 5.41) is 3.26. The Balaban J connectivity index is 1.51. The minimum absolute atomic E-state index is 0.123. The standard InChI is InChI=1S/C23H24N4O/c1-27(2)19-10-8-17(9-11-19)18-12-21-20(22(28)13-18)15-25-23(26-21)24-14-16-6-4-3-5-7-16/h3-11,15,18H,12-14H2,1-2H3,(H,24,25,26)/t18-/m0/s1. The highest BCUT2D eigenvalue weighted by molar-refractivity contribution is 5.98. The normalized spacial score (nSPS) is 15.8. The molecule has 0 saturated heterocycles. The molecule has 1 heterocycles. The maximum Gasteiger partial charge on any atom is 0.223 e. The average Bonchev–Trinajstić information content (AvgIpc) is 2.73. The fourth-order valence-corrected chi connectivity index (χ4v) is 3.59. The zero-order valence-electron chi connectivity index (χ0n) is 16.2. The van der Waals surface area contributed by atoms with E-state index in [2.05, 4.69) is 56.6 Å². The van der Waals surface area contributed by atoms with Gasteiger partial charge in [0, 0.05) is 38.9 Å². The Morgan fingerprint density at radius 2 is 1.79 bits per heavy atom. The van der Waals surface area contributed by atoms with Crippen LogP contribution in [0.3, 0.4) is 0 Å². The van der Waals surface area contributed by atoms with E-state index in [9.17, 15) is 4.79 Å².